The van der Waals surface area contributed by atoms with Crippen LogP contribution in [0.15, 0.2) is 18.2 Å². The second kappa shape index (κ2) is 9.40. The molecule has 1 amide bonds. The minimum absolute atomic E-state index is 0.0517. The van der Waals surface area contributed by atoms with Gasteiger partial charge >= 0.3 is 0 Å². The summed E-state index contributed by atoms with van der Waals surface area (Å²) in [6, 6.07) is 5.67. The number of nitrogens with one attached hydrogen (secondary N) is 1. The van der Waals surface area contributed by atoms with E-state index in [1.54, 1.807) is 6.07 Å². The minimum Gasteiger partial charge on any atom is -0.494 e. The molecule has 0 radical (unpaired) electrons. The average Bonchev–Trinajstić information content (AvgIpc) is 2.49. The summed E-state index contributed by atoms with van der Waals surface area (Å²) in [4.78, 5) is 12.2. The molecule has 4 nitrogen and oxygen atoms in total. The largest absolute Gasteiger partial charge is 0.494 e. The van der Waals surface area contributed by atoms with E-state index in [-0.39, 0.29) is 11.9 Å². The number of rotatable bonds is 9. The fraction of sp³-hybridized carbons (Fsp3) is 0.588. The molecule has 0 aliphatic carbocycles. The highest BCUT2D eigenvalue weighted by Gasteiger charge is 2.12. The monoisotopic (exact) mass is 293 g/mol. The predicted molar refractivity (Wildman–Crippen MR) is 84.8 cm³/mol. The van der Waals surface area contributed by atoms with E-state index in [0.717, 1.165) is 24.2 Å². The first kappa shape index (κ1) is 17.5. The van der Waals surface area contributed by atoms with Gasteiger partial charge in [-0.1, -0.05) is 13.8 Å². The van der Waals surface area contributed by atoms with Crippen molar-refractivity contribution in [3.8, 4) is 5.75 Å². The lowest BCUT2D eigenvalue weighted by molar-refractivity contribution is 0.0938. The fourth-order valence-electron chi connectivity index (χ4n) is 1.87. The SMILES string of the molecule is CCCOCc1cc(C(=O)N[C@H](C)CC)ccc1OCC. The molecular weight excluding hydrogens is 266 g/mol. The second-order valence-electron chi connectivity index (χ2n) is 5.09. The maximum Gasteiger partial charge on any atom is 0.251 e. The summed E-state index contributed by atoms with van der Waals surface area (Å²) in [5.74, 6) is 0.734. The quantitative estimate of drug-likeness (QED) is 0.708. The van der Waals surface area contributed by atoms with E-state index in [4.69, 9.17) is 9.47 Å². The van der Waals surface area contributed by atoms with Gasteiger partial charge in [0.15, 0.2) is 0 Å². The van der Waals surface area contributed by atoms with Crippen LogP contribution >= 0.6 is 0 Å². The Labute approximate surface area is 127 Å². The summed E-state index contributed by atoms with van der Waals surface area (Å²) in [5, 5.41) is 2.97. The molecule has 118 valence electrons. The third-order valence-electron chi connectivity index (χ3n) is 3.22. The van der Waals surface area contributed by atoms with Crippen LogP contribution in [-0.4, -0.2) is 25.2 Å². The summed E-state index contributed by atoms with van der Waals surface area (Å²) in [7, 11) is 0. The maximum absolute atomic E-state index is 12.2. The van der Waals surface area contributed by atoms with Gasteiger partial charge < -0.3 is 14.8 Å². The Hall–Kier alpha value is -1.55. The van der Waals surface area contributed by atoms with Crippen molar-refractivity contribution >= 4 is 5.91 Å². The van der Waals surface area contributed by atoms with Crippen molar-refractivity contribution in [1.29, 1.82) is 0 Å². The zero-order valence-electron chi connectivity index (χ0n) is 13.6. The van der Waals surface area contributed by atoms with E-state index < -0.39 is 0 Å². The summed E-state index contributed by atoms with van der Waals surface area (Å²) < 4.78 is 11.2. The number of carbonyl (C=O) groups excluding carboxylic acids is 1. The number of benzene rings is 1. The smallest absolute Gasteiger partial charge is 0.251 e. The molecule has 0 saturated carbocycles. The first-order valence-corrected chi connectivity index (χ1v) is 7.76. The number of amides is 1. The molecule has 0 saturated heterocycles. The highest BCUT2D eigenvalue weighted by atomic mass is 16.5. The Bertz CT molecular complexity index is 446. The van der Waals surface area contributed by atoms with Gasteiger partial charge in [-0.3, -0.25) is 4.79 Å². The Morgan fingerprint density at radius 2 is 2.05 bits per heavy atom. The topological polar surface area (TPSA) is 47.6 Å². The molecule has 1 aromatic rings. The molecule has 1 rings (SSSR count). The van der Waals surface area contributed by atoms with Crippen molar-refractivity contribution in [2.75, 3.05) is 13.2 Å². The van der Waals surface area contributed by atoms with E-state index in [1.165, 1.54) is 0 Å². The van der Waals surface area contributed by atoms with Gasteiger partial charge in [0.05, 0.1) is 13.2 Å². The van der Waals surface area contributed by atoms with Crippen molar-refractivity contribution in [3.05, 3.63) is 29.3 Å². The van der Waals surface area contributed by atoms with Crippen LogP contribution in [0.3, 0.4) is 0 Å². The van der Waals surface area contributed by atoms with Crippen molar-refractivity contribution in [1.82, 2.24) is 5.32 Å². The van der Waals surface area contributed by atoms with Gasteiger partial charge in [0.1, 0.15) is 5.75 Å². The molecule has 0 spiro atoms. The lowest BCUT2D eigenvalue weighted by Crippen LogP contribution is -2.31. The van der Waals surface area contributed by atoms with Crippen LogP contribution in [0, 0.1) is 0 Å². The molecule has 21 heavy (non-hydrogen) atoms. The summed E-state index contributed by atoms with van der Waals surface area (Å²) in [6.07, 6.45) is 1.88. The standard InChI is InChI=1S/C17H27NO3/c1-5-10-20-12-15-11-14(8-9-16(15)21-7-3)17(19)18-13(4)6-2/h8-9,11,13H,5-7,10,12H2,1-4H3,(H,18,19)/t13-/m1/s1. The maximum atomic E-state index is 12.2. The van der Waals surface area contributed by atoms with Crippen LogP contribution in [-0.2, 0) is 11.3 Å². The van der Waals surface area contributed by atoms with Crippen molar-refractivity contribution in [2.24, 2.45) is 0 Å². The van der Waals surface area contributed by atoms with Crippen molar-refractivity contribution < 1.29 is 14.3 Å². The minimum atomic E-state index is -0.0517. The van der Waals surface area contributed by atoms with Crippen molar-refractivity contribution in [2.45, 2.75) is 53.2 Å². The predicted octanol–water partition coefficient (Wildman–Crippen LogP) is 3.54. The molecule has 1 atom stereocenters. The number of ether oxygens (including phenoxy) is 2. The number of hydrogen-bond donors (Lipinski definition) is 1. The first-order valence-electron chi connectivity index (χ1n) is 7.76. The number of carbonyl (C=O) groups is 1. The first-order chi connectivity index (χ1) is 10.1. The van der Waals surface area contributed by atoms with E-state index >= 15 is 0 Å². The molecule has 4 heteroatoms. The van der Waals surface area contributed by atoms with Crippen LogP contribution in [0.1, 0.15) is 56.5 Å². The van der Waals surface area contributed by atoms with Gasteiger partial charge in [0, 0.05) is 23.8 Å². The van der Waals surface area contributed by atoms with Crippen molar-refractivity contribution in [3.63, 3.8) is 0 Å². The van der Waals surface area contributed by atoms with Gasteiger partial charge in [-0.2, -0.15) is 0 Å². The average molecular weight is 293 g/mol. The zero-order chi connectivity index (χ0) is 15.7. The van der Waals surface area contributed by atoms with Crippen LogP contribution < -0.4 is 10.1 Å². The van der Waals surface area contributed by atoms with E-state index in [1.807, 2.05) is 32.9 Å². The van der Waals surface area contributed by atoms with Crippen LogP contribution in [0.4, 0.5) is 0 Å². The van der Waals surface area contributed by atoms with Gasteiger partial charge in [-0.05, 0) is 44.9 Å². The normalized spacial score (nSPS) is 12.0. The van der Waals surface area contributed by atoms with Gasteiger partial charge in [0.25, 0.3) is 5.91 Å². The zero-order valence-corrected chi connectivity index (χ0v) is 13.6. The molecule has 0 aromatic heterocycles. The molecular formula is C17H27NO3. The summed E-state index contributed by atoms with van der Waals surface area (Å²) in [5.41, 5.74) is 1.57. The van der Waals surface area contributed by atoms with Crippen LogP contribution in [0.2, 0.25) is 0 Å². The van der Waals surface area contributed by atoms with E-state index in [0.29, 0.717) is 25.4 Å². The summed E-state index contributed by atoms with van der Waals surface area (Å²) >= 11 is 0. The highest BCUT2D eigenvalue weighted by molar-refractivity contribution is 5.94. The molecule has 0 aliphatic rings. The molecule has 1 aromatic carbocycles. The van der Waals surface area contributed by atoms with Crippen LogP contribution in [0.5, 0.6) is 5.75 Å². The van der Waals surface area contributed by atoms with Gasteiger partial charge in [-0.15, -0.1) is 0 Å². The lowest BCUT2D eigenvalue weighted by Gasteiger charge is -2.14. The molecule has 0 aliphatic heterocycles. The third kappa shape index (κ3) is 5.76. The van der Waals surface area contributed by atoms with E-state index in [2.05, 4.69) is 12.2 Å². The fourth-order valence-corrected chi connectivity index (χ4v) is 1.87. The highest BCUT2D eigenvalue weighted by Crippen LogP contribution is 2.21. The molecule has 1 N–H and O–H groups in total. The third-order valence-corrected chi connectivity index (χ3v) is 3.22. The summed E-state index contributed by atoms with van der Waals surface area (Å²) in [6.45, 7) is 9.83. The molecule has 0 unspecified atom stereocenters. The molecule has 0 bridgehead atoms. The molecule has 0 heterocycles. The second-order valence-corrected chi connectivity index (χ2v) is 5.09. The van der Waals surface area contributed by atoms with Gasteiger partial charge in [0.2, 0.25) is 0 Å². The Morgan fingerprint density at radius 3 is 2.67 bits per heavy atom. The Balaban J connectivity index is 2.86. The van der Waals surface area contributed by atoms with E-state index in [9.17, 15) is 4.79 Å². The number of hydrogen-bond acceptors (Lipinski definition) is 3. The van der Waals surface area contributed by atoms with Gasteiger partial charge in [-0.25, -0.2) is 0 Å². The van der Waals surface area contributed by atoms with Crippen LogP contribution in [0.25, 0.3) is 0 Å². The molecule has 0 fully saturated rings. The Kier molecular flexibility index (Phi) is 7.83. The Morgan fingerprint density at radius 1 is 1.29 bits per heavy atom. The lowest BCUT2D eigenvalue weighted by atomic mass is 10.1.